The van der Waals surface area contributed by atoms with Crippen LogP contribution in [-0.2, 0) is 17.6 Å². The Morgan fingerprint density at radius 2 is 1.96 bits per heavy atom. The number of halogens is 1. The summed E-state index contributed by atoms with van der Waals surface area (Å²) in [5.41, 5.74) is 2.95. The number of benzene rings is 1. The number of thiophene rings is 1. The van der Waals surface area contributed by atoms with Crippen LogP contribution in [0.4, 0.5) is 17.2 Å². The standard InChI is InChI=1S/C19H19ClN4OS/c1-11(25)21-12-6-5-7-13(10-12)22-17-16-14-8-3-2-4-9-15(14)26-18(16)24-19(20)23-17/h5-7,10H,2-4,8-9H2,1H3,(H,21,25)(H,22,23,24). The highest BCUT2D eigenvalue weighted by molar-refractivity contribution is 7.19. The first-order valence-corrected chi connectivity index (χ1v) is 9.92. The number of hydrogen-bond acceptors (Lipinski definition) is 5. The van der Waals surface area contributed by atoms with Crippen LogP contribution in [0.2, 0.25) is 5.28 Å². The number of aromatic nitrogens is 2. The van der Waals surface area contributed by atoms with E-state index < -0.39 is 0 Å². The highest BCUT2D eigenvalue weighted by Gasteiger charge is 2.20. The van der Waals surface area contributed by atoms with Crippen LogP contribution >= 0.6 is 22.9 Å². The van der Waals surface area contributed by atoms with Gasteiger partial charge in [0.2, 0.25) is 11.2 Å². The molecule has 1 amide bonds. The largest absolute Gasteiger partial charge is 0.339 e. The Kier molecular flexibility index (Phi) is 4.78. The molecule has 5 nitrogen and oxygen atoms in total. The molecule has 0 radical (unpaired) electrons. The molecule has 134 valence electrons. The second kappa shape index (κ2) is 7.21. The zero-order chi connectivity index (χ0) is 18.1. The summed E-state index contributed by atoms with van der Waals surface area (Å²) >= 11 is 7.90. The van der Waals surface area contributed by atoms with Crippen LogP contribution in [0.5, 0.6) is 0 Å². The van der Waals surface area contributed by atoms with Gasteiger partial charge in [0.25, 0.3) is 0 Å². The lowest BCUT2D eigenvalue weighted by Crippen LogP contribution is -2.06. The number of anilines is 3. The molecule has 0 unspecified atom stereocenters. The topological polar surface area (TPSA) is 66.9 Å². The summed E-state index contributed by atoms with van der Waals surface area (Å²) in [6.45, 7) is 1.49. The molecule has 0 spiro atoms. The normalized spacial score (nSPS) is 13.9. The van der Waals surface area contributed by atoms with E-state index in [9.17, 15) is 4.79 Å². The summed E-state index contributed by atoms with van der Waals surface area (Å²) in [4.78, 5) is 22.5. The Bertz CT molecular complexity index is 985. The van der Waals surface area contributed by atoms with Crippen molar-refractivity contribution in [3.63, 3.8) is 0 Å². The third kappa shape index (κ3) is 3.52. The van der Waals surface area contributed by atoms with Gasteiger partial charge in [-0.1, -0.05) is 12.5 Å². The number of rotatable bonds is 3. The summed E-state index contributed by atoms with van der Waals surface area (Å²) in [6.07, 6.45) is 5.84. The lowest BCUT2D eigenvalue weighted by molar-refractivity contribution is -0.114. The molecule has 2 aromatic heterocycles. The maximum atomic E-state index is 11.3. The first kappa shape index (κ1) is 17.2. The number of aryl methyl sites for hydroxylation is 2. The van der Waals surface area contributed by atoms with Gasteiger partial charge in [-0.25, -0.2) is 4.98 Å². The molecule has 2 heterocycles. The Hall–Kier alpha value is -2.18. The molecule has 1 aromatic carbocycles. The van der Waals surface area contributed by atoms with Crippen molar-refractivity contribution in [3.8, 4) is 0 Å². The van der Waals surface area contributed by atoms with Crippen LogP contribution in [-0.4, -0.2) is 15.9 Å². The number of carbonyl (C=O) groups excluding carboxylic acids is 1. The van der Waals surface area contributed by atoms with E-state index in [0.29, 0.717) is 0 Å². The highest BCUT2D eigenvalue weighted by Crippen LogP contribution is 2.39. The van der Waals surface area contributed by atoms with Crippen LogP contribution in [0, 0.1) is 0 Å². The van der Waals surface area contributed by atoms with E-state index in [1.54, 1.807) is 11.3 Å². The molecule has 7 heteroatoms. The summed E-state index contributed by atoms with van der Waals surface area (Å²) < 4.78 is 0. The zero-order valence-corrected chi connectivity index (χ0v) is 16.0. The van der Waals surface area contributed by atoms with E-state index in [4.69, 9.17) is 11.6 Å². The van der Waals surface area contributed by atoms with E-state index in [2.05, 4.69) is 20.6 Å². The average molecular weight is 387 g/mol. The van der Waals surface area contributed by atoms with Gasteiger partial charge in [-0.3, -0.25) is 4.79 Å². The number of nitrogens with zero attached hydrogens (tertiary/aromatic N) is 2. The fourth-order valence-corrected chi connectivity index (χ4v) is 4.89. The van der Waals surface area contributed by atoms with Gasteiger partial charge < -0.3 is 10.6 Å². The number of nitrogens with one attached hydrogen (secondary N) is 2. The lowest BCUT2D eigenvalue weighted by Gasteiger charge is -2.10. The summed E-state index contributed by atoms with van der Waals surface area (Å²) in [7, 11) is 0. The molecule has 0 bridgehead atoms. The maximum absolute atomic E-state index is 11.3. The first-order valence-electron chi connectivity index (χ1n) is 8.72. The average Bonchev–Trinajstić information content (AvgIpc) is 2.76. The SMILES string of the molecule is CC(=O)Nc1cccc(Nc2nc(Cl)nc3sc4c(c23)CCCCC4)c1. The monoisotopic (exact) mass is 386 g/mol. The first-order chi connectivity index (χ1) is 12.6. The smallest absolute Gasteiger partial charge is 0.225 e. The Labute approximate surface area is 160 Å². The predicted octanol–water partition coefficient (Wildman–Crippen LogP) is 5.32. The van der Waals surface area contributed by atoms with Crippen molar-refractivity contribution < 1.29 is 4.79 Å². The van der Waals surface area contributed by atoms with E-state index in [-0.39, 0.29) is 11.2 Å². The third-order valence-electron chi connectivity index (χ3n) is 4.48. The van der Waals surface area contributed by atoms with Crippen molar-refractivity contribution in [1.29, 1.82) is 0 Å². The summed E-state index contributed by atoms with van der Waals surface area (Å²) in [6, 6.07) is 7.57. The Morgan fingerprint density at radius 1 is 1.15 bits per heavy atom. The van der Waals surface area contributed by atoms with Crippen molar-refractivity contribution in [1.82, 2.24) is 9.97 Å². The molecular formula is C19H19ClN4OS. The molecule has 0 fully saturated rings. The second-order valence-corrected chi connectivity index (χ2v) is 7.89. The lowest BCUT2D eigenvalue weighted by atomic mass is 10.1. The van der Waals surface area contributed by atoms with E-state index >= 15 is 0 Å². The van der Waals surface area contributed by atoms with Gasteiger partial charge in [-0.2, -0.15) is 4.98 Å². The van der Waals surface area contributed by atoms with E-state index in [1.807, 2.05) is 24.3 Å². The molecule has 1 aliphatic rings. The van der Waals surface area contributed by atoms with Crippen LogP contribution in [0.1, 0.15) is 36.6 Å². The van der Waals surface area contributed by atoms with Gasteiger partial charge in [0.05, 0.1) is 5.39 Å². The number of carbonyl (C=O) groups is 1. The second-order valence-electron chi connectivity index (χ2n) is 6.47. The third-order valence-corrected chi connectivity index (χ3v) is 5.84. The van der Waals surface area contributed by atoms with Crippen LogP contribution in [0.25, 0.3) is 10.2 Å². The fraction of sp³-hybridized carbons (Fsp3) is 0.316. The quantitative estimate of drug-likeness (QED) is 0.472. The predicted molar refractivity (Wildman–Crippen MR) is 108 cm³/mol. The fourth-order valence-electron chi connectivity index (χ4n) is 3.41. The van der Waals surface area contributed by atoms with Crippen LogP contribution in [0.15, 0.2) is 24.3 Å². The van der Waals surface area contributed by atoms with Gasteiger partial charge in [0, 0.05) is 23.2 Å². The van der Waals surface area contributed by atoms with Crippen LogP contribution < -0.4 is 10.6 Å². The molecule has 3 aromatic rings. The van der Waals surface area contributed by atoms with Crippen molar-refractivity contribution in [3.05, 3.63) is 40.0 Å². The van der Waals surface area contributed by atoms with Crippen molar-refractivity contribution in [2.45, 2.75) is 39.0 Å². The minimum Gasteiger partial charge on any atom is -0.339 e. The molecule has 1 aliphatic carbocycles. The summed E-state index contributed by atoms with van der Waals surface area (Å²) in [5.74, 6) is 0.636. The van der Waals surface area contributed by atoms with Crippen LogP contribution in [0.3, 0.4) is 0 Å². The minimum absolute atomic E-state index is 0.0993. The van der Waals surface area contributed by atoms with Crippen molar-refractivity contribution in [2.75, 3.05) is 10.6 Å². The number of amides is 1. The maximum Gasteiger partial charge on any atom is 0.225 e. The number of fused-ring (bicyclic) bond motifs is 3. The molecule has 2 N–H and O–H groups in total. The molecule has 26 heavy (non-hydrogen) atoms. The highest BCUT2D eigenvalue weighted by atomic mass is 35.5. The molecule has 0 aliphatic heterocycles. The zero-order valence-electron chi connectivity index (χ0n) is 14.4. The van der Waals surface area contributed by atoms with Gasteiger partial charge in [-0.05, 0) is 61.0 Å². The van der Waals surface area contributed by atoms with Crippen molar-refractivity contribution >= 4 is 56.3 Å². The van der Waals surface area contributed by atoms with Gasteiger partial charge in [0.1, 0.15) is 10.6 Å². The Morgan fingerprint density at radius 3 is 2.81 bits per heavy atom. The van der Waals surface area contributed by atoms with Gasteiger partial charge >= 0.3 is 0 Å². The van der Waals surface area contributed by atoms with E-state index in [0.717, 1.165) is 40.3 Å². The molecule has 0 saturated heterocycles. The number of hydrogen-bond donors (Lipinski definition) is 2. The molecule has 4 rings (SSSR count). The Balaban J connectivity index is 1.76. The minimum atomic E-state index is -0.0993. The molecular weight excluding hydrogens is 368 g/mol. The van der Waals surface area contributed by atoms with Gasteiger partial charge in [0.15, 0.2) is 0 Å². The van der Waals surface area contributed by atoms with E-state index in [1.165, 1.54) is 36.6 Å². The van der Waals surface area contributed by atoms with Gasteiger partial charge in [-0.15, -0.1) is 11.3 Å². The summed E-state index contributed by atoms with van der Waals surface area (Å²) in [5, 5.41) is 7.50. The van der Waals surface area contributed by atoms with Crippen molar-refractivity contribution in [2.24, 2.45) is 0 Å². The molecule has 0 atom stereocenters. The molecule has 0 saturated carbocycles.